The van der Waals surface area contributed by atoms with Crippen molar-refractivity contribution in [3.05, 3.63) is 37.1 Å². The summed E-state index contributed by atoms with van der Waals surface area (Å²) in [6.07, 6.45) is 6.74. The van der Waals surface area contributed by atoms with Crippen LogP contribution >= 0.6 is 0 Å². The average molecular weight is 491 g/mol. The van der Waals surface area contributed by atoms with Gasteiger partial charge in [0, 0.05) is 37.9 Å². The number of aromatic nitrogens is 3. The van der Waals surface area contributed by atoms with Gasteiger partial charge in [0.15, 0.2) is 0 Å². The Morgan fingerprint density at radius 1 is 1.22 bits per heavy atom. The zero-order valence-electron chi connectivity index (χ0n) is 21.3. The van der Waals surface area contributed by atoms with Gasteiger partial charge >= 0.3 is 0 Å². The van der Waals surface area contributed by atoms with Gasteiger partial charge in [-0.2, -0.15) is 9.97 Å². The highest BCUT2D eigenvalue weighted by Gasteiger charge is 2.56. The molecule has 3 saturated carbocycles. The molecular weight excluding hydrogens is 456 g/mol. The minimum absolute atomic E-state index is 0.180. The zero-order valence-corrected chi connectivity index (χ0v) is 21.3. The second-order valence-electron chi connectivity index (χ2n) is 10.1. The molecule has 3 aliphatic carbocycles. The second kappa shape index (κ2) is 9.34. The Morgan fingerprint density at radius 3 is 2.64 bits per heavy atom. The molecule has 10 nitrogen and oxygen atoms in total. The topological polar surface area (TPSA) is 110 Å². The van der Waals surface area contributed by atoms with Gasteiger partial charge in [0.1, 0.15) is 17.2 Å². The molecule has 2 bridgehead atoms. The molecule has 0 atom stereocenters. The maximum Gasteiger partial charge on any atom is 0.247 e. The minimum atomic E-state index is -0.289. The molecule has 190 valence electrons. The first-order chi connectivity index (χ1) is 17.3. The third kappa shape index (κ3) is 4.56. The SMILES string of the molecule is C=CC(=O)Nc1cc(Nc2nc(NC34CC(C3)C4)c3cc[nH]c3n2)c(OC)cc1N(C)CCN(C)C. The third-order valence-corrected chi connectivity index (χ3v) is 7.14. The van der Waals surface area contributed by atoms with Crippen LogP contribution in [0.15, 0.2) is 37.1 Å². The van der Waals surface area contributed by atoms with E-state index in [0.717, 1.165) is 41.5 Å². The van der Waals surface area contributed by atoms with E-state index in [1.165, 1.54) is 25.3 Å². The van der Waals surface area contributed by atoms with Crippen molar-refractivity contribution in [2.45, 2.75) is 24.8 Å². The van der Waals surface area contributed by atoms with Crippen molar-refractivity contribution in [3.63, 3.8) is 0 Å². The van der Waals surface area contributed by atoms with Gasteiger partial charge < -0.3 is 35.5 Å². The van der Waals surface area contributed by atoms with Crippen molar-refractivity contribution in [1.82, 2.24) is 19.9 Å². The molecule has 36 heavy (non-hydrogen) atoms. The molecule has 3 aromatic rings. The number of benzene rings is 1. The molecule has 4 N–H and O–H groups in total. The number of aromatic amines is 1. The quantitative estimate of drug-likeness (QED) is 0.301. The van der Waals surface area contributed by atoms with Crippen molar-refractivity contribution in [3.8, 4) is 5.75 Å². The monoisotopic (exact) mass is 490 g/mol. The van der Waals surface area contributed by atoms with Crippen LogP contribution in [0.2, 0.25) is 0 Å². The van der Waals surface area contributed by atoms with Gasteiger partial charge in [-0.25, -0.2) is 0 Å². The predicted octanol–water partition coefficient (Wildman–Crippen LogP) is 3.80. The van der Waals surface area contributed by atoms with Crippen LogP contribution in [-0.4, -0.2) is 72.6 Å². The van der Waals surface area contributed by atoms with Crippen molar-refractivity contribution < 1.29 is 9.53 Å². The Labute approximate surface area is 211 Å². The van der Waals surface area contributed by atoms with E-state index in [9.17, 15) is 4.79 Å². The highest BCUT2D eigenvalue weighted by atomic mass is 16.5. The molecule has 0 unspecified atom stereocenters. The Morgan fingerprint density at radius 2 is 2.00 bits per heavy atom. The number of H-pyrrole nitrogens is 1. The summed E-state index contributed by atoms with van der Waals surface area (Å²) >= 11 is 0. The van der Waals surface area contributed by atoms with Gasteiger partial charge in [-0.05, 0) is 57.5 Å². The molecule has 0 spiro atoms. The van der Waals surface area contributed by atoms with E-state index in [-0.39, 0.29) is 11.4 Å². The number of rotatable bonds is 11. The van der Waals surface area contributed by atoms with Crippen LogP contribution in [0, 0.1) is 5.92 Å². The van der Waals surface area contributed by atoms with E-state index in [1.807, 2.05) is 45.5 Å². The molecule has 6 rings (SSSR count). The lowest BCUT2D eigenvalue weighted by Crippen LogP contribution is -2.63. The number of amides is 1. The second-order valence-corrected chi connectivity index (χ2v) is 10.1. The van der Waals surface area contributed by atoms with Gasteiger partial charge in [0.2, 0.25) is 11.9 Å². The molecule has 1 aromatic carbocycles. The van der Waals surface area contributed by atoms with Crippen LogP contribution in [0.4, 0.5) is 28.8 Å². The van der Waals surface area contributed by atoms with Crippen LogP contribution in [0.25, 0.3) is 11.0 Å². The number of hydrogen-bond acceptors (Lipinski definition) is 8. The van der Waals surface area contributed by atoms with Gasteiger partial charge in [0.25, 0.3) is 0 Å². The summed E-state index contributed by atoms with van der Waals surface area (Å²) in [4.78, 5) is 29.1. The molecule has 0 radical (unpaired) electrons. The normalized spacial score (nSPS) is 19.9. The van der Waals surface area contributed by atoms with Crippen LogP contribution in [-0.2, 0) is 4.79 Å². The summed E-state index contributed by atoms with van der Waals surface area (Å²) in [7, 11) is 7.66. The number of nitrogens with one attached hydrogen (secondary N) is 4. The number of methoxy groups -OCH3 is 1. The van der Waals surface area contributed by atoms with Crippen LogP contribution in [0.5, 0.6) is 5.75 Å². The summed E-state index contributed by atoms with van der Waals surface area (Å²) < 4.78 is 5.73. The van der Waals surface area contributed by atoms with Crippen molar-refractivity contribution in [2.75, 3.05) is 62.2 Å². The molecule has 3 fully saturated rings. The number of anilines is 5. The zero-order chi connectivity index (χ0) is 25.4. The molecule has 0 aliphatic heterocycles. The summed E-state index contributed by atoms with van der Waals surface area (Å²) in [5.74, 6) is 2.44. The van der Waals surface area contributed by atoms with Crippen LogP contribution in [0.3, 0.4) is 0 Å². The lowest BCUT2D eigenvalue weighted by Gasteiger charge is -2.62. The molecule has 2 aromatic heterocycles. The minimum Gasteiger partial charge on any atom is -0.494 e. The fraction of sp³-hybridized carbons (Fsp3) is 0.423. The van der Waals surface area contributed by atoms with Gasteiger partial charge in [-0.3, -0.25) is 4.79 Å². The molecule has 10 heteroatoms. The summed E-state index contributed by atoms with van der Waals surface area (Å²) in [5, 5.41) is 10.9. The number of hydrogen-bond donors (Lipinski definition) is 4. The predicted molar refractivity (Wildman–Crippen MR) is 145 cm³/mol. The van der Waals surface area contributed by atoms with Crippen LogP contribution in [0.1, 0.15) is 19.3 Å². The van der Waals surface area contributed by atoms with Gasteiger partial charge in [-0.15, -0.1) is 0 Å². The number of nitrogens with zero attached hydrogens (tertiary/aromatic N) is 4. The number of carbonyl (C=O) groups is 1. The van der Waals surface area contributed by atoms with Crippen molar-refractivity contribution in [1.29, 1.82) is 0 Å². The van der Waals surface area contributed by atoms with Crippen molar-refractivity contribution >= 4 is 45.8 Å². The van der Waals surface area contributed by atoms with E-state index >= 15 is 0 Å². The smallest absolute Gasteiger partial charge is 0.247 e. The van der Waals surface area contributed by atoms with Crippen LogP contribution < -0.4 is 25.6 Å². The maximum absolute atomic E-state index is 12.2. The van der Waals surface area contributed by atoms with E-state index in [0.29, 0.717) is 23.1 Å². The Balaban J connectivity index is 1.48. The number of ether oxygens (including phenoxy) is 1. The number of fused-ring (bicyclic) bond motifs is 1. The fourth-order valence-corrected chi connectivity index (χ4v) is 5.00. The Hall–Kier alpha value is -3.79. The lowest BCUT2D eigenvalue weighted by atomic mass is 9.50. The molecule has 3 aliphatic rings. The van der Waals surface area contributed by atoms with Gasteiger partial charge in [-0.1, -0.05) is 6.58 Å². The molecule has 1 amide bonds. The summed E-state index contributed by atoms with van der Waals surface area (Å²) in [6, 6.07) is 5.75. The average Bonchev–Trinajstić information content (AvgIpc) is 3.27. The fourth-order valence-electron chi connectivity index (χ4n) is 5.00. The standard InChI is InChI=1S/C26H34N8O2/c1-6-22(35)28-18-11-19(21(36-5)12-20(18)34(4)10-9-33(2)3)29-25-30-23-17(7-8-27-23)24(31-25)32-26-13-16(14-26)15-26/h6-8,11-12,16H,1,9-10,13-15H2,2-5H3,(H,28,35)(H3,27,29,30,31,32). The first-order valence-corrected chi connectivity index (χ1v) is 12.2. The Bertz CT molecular complexity index is 1280. The molecule has 0 saturated heterocycles. The third-order valence-electron chi connectivity index (χ3n) is 7.14. The first-order valence-electron chi connectivity index (χ1n) is 12.2. The molecule has 2 heterocycles. The first kappa shape index (κ1) is 23.9. The largest absolute Gasteiger partial charge is 0.494 e. The van der Waals surface area contributed by atoms with E-state index in [1.54, 1.807) is 7.11 Å². The highest BCUT2D eigenvalue weighted by Crippen LogP contribution is 2.58. The lowest BCUT2D eigenvalue weighted by molar-refractivity contribution is -0.111. The van der Waals surface area contributed by atoms with E-state index in [4.69, 9.17) is 9.72 Å². The maximum atomic E-state index is 12.2. The highest BCUT2D eigenvalue weighted by molar-refractivity contribution is 6.02. The van der Waals surface area contributed by atoms with Gasteiger partial charge in [0.05, 0.1) is 29.6 Å². The van der Waals surface area contributed by atoms with Crippen molar-refractivity contribution in [2.24, 2.45) is 5.92 Å². The van der Waals surface area contributed by atoms with E-state index in [2.05, 4.69) is 42.3 Å². The summed E-state index contributed by atoms with van der Waals surface area (Å²) in [6.45, 7) is 5.21. The molecular formula is C26H34N8O2. The summed E-state index contributed by atoms with van der Waals surface area (Å²) in [5.41, 5.74) is 3.04. The number of likely N-dealkylation sites (N-methyl/N-ethyl adjacent to an activating group) is 2. The number of carbonyl (C=O) groups excluding carboxylic acids is 1. The Kier molecular flexibility index (Phi) is 6.21. The van der Waals surface area contributed by atoms with E-state index < -0.39 is 0 Å².